The molecule has 0 atom stereocenters. The van der Waals surface area contributed by atoms with Crippen LogP contribution in [0, 0.1) is 0 Å². The van der Waals surface area contributed by atoms with Gasteiger partial charge in [-0.2, -0.15) is 0 Å². The fourth-order valence-electron chi connectivity index (χ4n) is 2.24. The zero-order valence-electron chi connectivity index (χ0n) is 11.9. The van der Waals surface area contributed by atoms with Crippen molar-refractivity contribution in [3.63, 3.8) is 0 Å². The average Bonchev–Trinajstić information content (AvgIpc) is 2.93. The molecule has 0 N–H and O–H groups in total. The lowest BCUT2D eigenvalue weighted by molar-refractivity contribution is -0.132. The summed E-state index contributed by atoms with van der Waals surface area (Å²) < 4.78 is 4.32. The number of rotatable bonds is 3. The molecule has 0 unspecified atom stereocenters. The summed E-state index contributed by atoms with van der Waals surface area (Å²) in [5.41, 5.74) is 0.951. The molecule has 23 heavy (non-hydrogen) atoms. The highest BCUT2D eigenvalue weighted by Crippen LogP contribution is 2.15. The predicted octanol–water partition coefficient (Wildman–Crippen LogP) is 2.04. The Hall–Kier alpha value is -3.28. The standard InChI is InChI=1S/C17H11NO5/c19-14-10-18(17(22)23-14)16(21)13-8-4-7-12(9-13)15(20)11-5-2-1-3-6-11/h1-9H,10H2. The molecule has 0 radical (unpaired) electrons. The third kappa shape index (κ3) is 2.87. The van der Waals surface area contributed by atoms with Crippen molar-refractivity contribution in [2.45, 2.75) is 0 Å². The number of esters is 1. The van der Waals surface area contributed by atoms with E-state index in [2.05, 4.69) is 4.74 Å². The van der Waals surface area contributed by atoms with Gasteiger partial charge in [0.25, 0.3) is 5.91 Å². The molecular formula is C17H11NO5. The maximum atomic E-state index is 12.4. The summed E-state index contributed by atoms with van der Waals surface area (Å²) in [4.78, 5) is 47.9. The number of cyclic esters (lactones) is 2. The molecule has 0 bridgehead atoms. The number of nitrogens with zero attached hydrogens (tertiary/aromatic N) is 1. The molecule has 0 spiro atoms. The van der Waals surface area contributed by atoms with Crippen molar-refractivity contribution in [3.05, 3.63) is 71.3 Å². The van der Waals surface area contributed by atoms with E-state index in [9.17, 15) is 19.2 Å². The molecule has 1 aliphatic rings. The normalized spacial score (nSPS) is 13.8. The Kier molecular flexibility index (Phi) is 3.72. The van der Waals surface area contributed by atoms with Gasteiger partial charge in [-0.05, 0) is 12.1 Å². The number of carbonyl (C=O) groups is 4. The van der Waals surface area contributed by atoms with Crippen molar-refractivity contribution < 1.29 is 23.9 Å². The largest absolute Gasteiger partial charge is 0.425 e. The first-order valence-electron chi connectivity index (χ1n) is 6.82. The van der Waals surface area contributed by atoms with Gasteiger partial charge in [-0.15, -0.1) is 0 Å². The van der Waals surface area contributed by atoms with Crippen molar-refractivity contribution in [2.75, 3.05) is 6.54 Å². The molecule has 1 heterocycles. The summed E-state index contributed by atoms with van der Waals surface area (Å²) in [6.45, 7) is -0.422. The first-order chi connectivity index (χ1) is 11.1. The maximum Gasteiger partial charge on any atom is 0.425 e. The number of amides is 2. The summed E-state index contributed by atoms with van der Waals surface area (Å²) in [5, 5.41) is 0. The summed E-state index contributed by atoms with van der Waals surface area (Å²) in [7, 11) is 0. The second-order valence-corrected chi connectivity index (χ2v) is 4.91. The van der Waals surface area contributed by atoms with Gasteiger partial charge in [0.05, 0.1) is 0 Å². The molecule has 2 amide bonds. The van der Waals surface area contributed by atoms with E-state index in [1.54, 1.807) is 42.5 Å². The van der Waals surface area contributed by atoms with Crippen LogP contribution in [-0.4, -0.2) is 35.2 Å². The highest BCUT2D eigenvalue weighted by molar-refractivity contribution is 6.12. The Morgan fingerprint density at radius 3 is 2.17 bits per heavy atom. The summed E-state index contributed by atoms with van der Waals surface area (Å²) in [5.74, 6) is -1.69. The molecule has 0 aliphatic carbocycles. The van der Waals surface area contributed by atoms with Gasteiger partial charge in [0.1, 0.15) is 6.54 Å². The number of carbonyl (C=O) groups excluding carboxylic acids is 4. The number of ether oxygens (including phenoxy) is 1. The van der Waals surface area contributed by atoms with E-state index in [-0.39, 0.29) is 11.3 Å². The highest BCUT2D eigenvalue weighted by Gasteiger charge is 2.35. The van der Waals surface area contributed by atoms with Gasteiger partial charge in [-0.3, -0.25) is 9.59 Å². The zero-order valence-corrected chi connectivity index (χ0v) is 11.9. The van der Waals surface area contributed by atoms with Gasteiger partial charge < -0.3 is 4.74 Å². The highest BCUT2D eigenvalue weighted by atomic mass is 16.6. The average molecular weight is 309 g/mol. The number of imide groups is 1. The molecular weight excluding hydrogens is 298 g/mol. The molecule has 1 aliphatic heterocycles. The van der Waals surface area contributed by atoms with Gasteiger partial charge in [0.2, 0.25) is 0 Å². The van der Waals surface area contributed by atoms with Crippen LogP contribution in [0.25, 0.3) is 0 Å². The second-order valence-electron chi connectivity index (χ2n) is 4.91. The Morgan fingerprint density at radius 2 is 1.52 bits per heavy atom. The minimum atomic E-state index is -1.00. The molecule has 0 aromatic heterocycles. The SMILES string of the molecule is O=C1CN(C(=O)c2cccc(C(=O)c3ccccc3)c2)C(=O)O1. The summed E-state index contributed by atoms with van der Waals surface area (Å²) >= 11 is 0. The van der Waals surface area contributed by atoms with E-state index >= 15 is 0 Å². The molecule has 0 saturated carbocycles. The quantitative estimate of drug-likeness (QED) is 0.492. The molecule has 3 rings (SSSR count). The van der Waals surface area contributed by atoms with Gasteiger partial charge in [0, 0.05) is 16.7 Å². The van der Waals surface area contributed by atoms with Gasteiger partial charge >= 0.3 is 12.1 Å². The molecule has 2 aromatic carbocycles. The van der Waals surface area contributed by atoms with Crippen LogP contribution in [0.1, 0.15) is 26.3 Å². The van der Waals surface area contributed by atoms with Crippen LogP contribution in [0.3, 0.4) is 0 Å². The number of ketones is 1. The van der Waals surface area contributed by atoms with Crippen LogP contribution < -0.4 is 0 Å². The van der Waals surface area contributed by atoms with E-state index in [0.717, 1.165) is 0 Å². The molecule has 2 aromatic rings. The van der Waals surface area contributed by atoms with Crippen LogP contribution in [0.2, 0.25) is 0 Å². The number of hydrogen-bond acceptors (Lipinski definition) is 5. The van der Waals surface area contributed by atoms with Crippen LogP contribution >= 0.6 is 0 Å². The monoisotopic (exact) mass is 309 g/mol. The third-order valence-corrected chi connectivity index (χ3v) is 3.36. The lowest BCUT2D eigenvalue weighted by atomic mass is 10.0. The van der Waals surface area contributed by atoms with E-state index in [4.69, 9.17) is 0 Å². The smallest absolute Gasteiger partial charge is 0.374 e. The van der Waals surface area contributed by atoms with Crippen LogP contribution in [-0.2, 0) is 9.53 Å². The first-order valence-corrected chi connectivity index (χ1v) is 6.82. The van der Waals surface area contributed by atoms with Crippen LogP contribution in [0.5, 0.6) is 0 Å². The Bertz CT molecular complexity index is 813. The first kappa shape index (κ1) is 14.6. The Morgan fingerprint density at radius 1 is 0.870 bits per heavy atom. The molecule has 114 valence electrons. The van der Waals surface area contributed by atoms with Crippen LogP contribution in [0.15, 0.2) is 54.6 Å². The van der Waals surface area contributed by atoms with Crippen molar-refractivity contribution in [1.82, 2.24) is 4.90 Å². The Balaban J connectivity index is 1.88. The summed E-state index contributed by atoms with van der Waals surface area (Å²) in [6, 6.07) is 14.6. The minimum absolute atomic E-state index is 0.137. The number of hydrogen-bond donors (Lipinski definition) is 0. The molecule has 1 saturated heterocycles. The topological polar surface area (TPSA) is 80.8 Å². The maximum absolute atomic E-state index is 12.4. The van der Waals surface area contributed by atoms with E-state index < -0.39 is 24.5 Å². The fourth-order valence-corrected chi connectivity index (χ4v) is 2.24. The third-order valence-electron chi connectivity index (χ3n) is 3.36. The molecule has 6 heteroatoms. The van der Waals surface area contributed by atoms with Gasteiger partial charge in [-0.25, -0.2) is 14.5 Å². The summed E-state index contributed by atoms with van der Waals surface area (Å²) in [6.07, 6.45) is -1.00. The minimum Gasteiger partial charge on any atom is -0.374 e. The van der Waals surface area contributed by atoms with E-state index in [1.165, 1.54) is 12.1 Å². The van der Waals surface area contributed by atoms with Crippen LogP contribution in [0.4, 0.5) is 4.79 Å². The van der Waals surface area contributed by atoms with Gasteiger partial charge in [-0.1, -0.05) is 42.5 Å². The van der Waals surface area contributed by atoms with Crippen molar-refractivity contribution >= 4 is 23.8 Å². The predicted molar refractivity (Wildman–Crippen MR) is 78.8 cm³/mol. The van der Waals surface area contributed by atoms with Crippen molar-refractivity contribution in [1.29, 1.82) is 0 Å². The molecule has 6 nitrogen and oxygen atoms in total. The molecule has 1 fully saturated rings. The fraction of sp³-hybridized carbons (Fsp3) is 0.0588. The zero-order chi connectivity index (χ0) is 16.4. The second kappa shape index (κ2) is 5.84. The van der Waals surface area contributed by atoms with Crippen molar-refractivity contribution in [3.8, 4) is 0 Å². The Labute approximate surface area is 131 Å². The van der Waals surface area contributed by atoms with E-state index in [1.807, 2.05) is 0 Å². The number of benzene rings is 2. The lowest BCUT2D eigenvalue weighted by Gasteiger charge is -2.10. The lowest BCUT2D eigenvalue weighted by Crippen LogP contribution is -2.32. The van der Waals surface area contributed by atoms with Gasteiger partial charge in [0.15, 0.2) is 5.78 Å². The van der Waals surface area contributed by atoms with Crippen molar-refractivity contribution in [2.24, 2.45) is 0 Å². The van der Waals surface area contributed by atoms with E-state index in [0.29, 0.717) is 16.0 Å².